The lowest BCUT2D eigenvalue weighted by Crippen LogP contribution is -2.16. The van der Waals surface area contributed by atoms with E-state index < -0.39 is 0 Å². The zero-order chi connectivity index (χ0) is 36.8. The van der Waals surface area contributed by atoms with Crippen LogP contribution in [0.3, 0.4) is 0 Å². The summed E-state index contributed by atoms with van der Waals surface area (Å²) in [6.07, 6.45) is 17.6. The fourth-order valence-corrected chi connectivity index (χ4v) is 6.48. The van der Waals surface area contributed by atoms with E-state index in [0.717, 1.165) is 21.5 Å². The number of hydrogen-bond donors (Lipinski definition) is 0. The summed E-state index contributed by atoms with van der Waals surface area (Å²) in [4.78, 5) is 2.38. The van der Waals surface area contributed by atoms with Crippen molar-refractivity contribution in [3.8, 4) is 22.3 Å². The fourth-order valence-electron chi connectivity index (χ4n) is 6.22. The summed E-state index contributed by atoms with van der Waals surface area (Å²) < 4.78 is 1.08. The van der Waals surface area contributed by atoms with Crippen molar-refractivity contribution in [2.24, 2.45) is 0 Å². The monoisotopic (exact) mass is 731 g/mol. The van der Waals surface area contributed by atoms with E-state index in [0.29, 0.717) is 0 Å². The van der Waals surface area contributed by atoms with Crippen LogP contribution in [0.5, 0.6) is 0 Å². The molecule has 0 aliphatic heterocycles. The molecule has 0 amide bonds. The van der Waals surface area contributed by atoms with Gasteiger partial charge in [-0.2, -0.15) is 0 Å². The van der Waals surface area contributed by atoms with Crippen LogP contribution in [0.2, 0.25) is 0 Å². The van der Waals surface area contributed by atoms with Crippen molar-refractivity contribution in [2.75, 3.05) is 4.90 Å². The number of allylic oxidation sites excluding steroid dienone is 10. The highest BCUT2D eigenvalue weighted by molar-refractivity contribution is 9.10. The highest BCUT2D eigenvalue weighted by Crippen LogP contribution is 2.50. The van der Waals surface area contributed by atoms with Crippen LogP contribution in [0.25, 0.3) is 27.8 Å². The van der Waals surface area contributed by atoms with Crippen molar-refractivity contribution >= 4 is 38.6 Å². The van der Waals surface area contributed by atoms with E-state index in [1.54, 1.807) is 6.08 Å². The molecule has 51 heavy (non-hydrogen) atoms. The number of rotatable bonds is 8. The quantitative estimate of drug-likeness (QED) is 0.113. The van der Waals surface area contributed by atoms with Crippen molar-refractivity contribution in [2.45, 2.75) is 47.0 Å². The van der Waals surface area contributed by atoms with Gasteiger partial charge in [-0.25, -0.2) is 0 Å². The van der Waals surface area contributed by atoms with Crippen LogP contribution in [-0.4, -0.2) is 0 Å². The van der Waals surface area contributed by atoms with E-state index in [1.165, 1.54) is 44.5 Å². The van der Waals surface area contributed by atoms with E-state index in [2.05, 4.69) is 182 Å². The van der Waals surface area contributed by atoms with Gasteiger partial charge < -0.3 is 4.90 Å². The second-order valence-electron chi connectivity index (χ2n) is 12.6. The molecule has 1 aliphatic rings. The maximum atomic E-state index is 3.82. The molecule has 0 heterocycles. The van der Waals surface area contributed by atoms with Crippen LogP contribution < -0.4 is 4.90 Å². The van der Waals surface area contributed by atoms with E-state index >= 15 is 0 Å². The van der Waals surface area contributed by atoms with Crippen molar-refractivity contribution in [3.63, 3.8) is 0 Å². The average molecular weight is 733 g/mol. The van der Waals surface area contributed by atoms with E-state index in [1.807, 2.05) is 57.2 Å². The summed E-state index contributed by atoms with van der Waals surface area (Å²) in [5.41, 5.74) is 13.4. The molecular formula is C49H50BrN. The summed E-state index contributed by atoms with van der Waals surface area (Å²) in [7, 11) is 0. The van der Waals surface area contributed by atoms with Gasteiger partial charge in [-0.05, 0) is 121 Å². The normalized spacial score (nSPS) is 12.8. The van der Waals surface area contributed by atoms with Crippen LogP contribution in [0, 0.1) is 0 Å². The zero-order valence-corrected chi connectivity index (χ0v) is 32.5. The Balaban J connectivity index is 0.000000580. The van der Waals surface area contributed by atoms with Gasteiger partial charge in [0, 0.05) is 26.9 Å². The van der Waals surface area contributed by atoms with Gasteiger partial charge in [-0.1, -0.05) is 164 Å². The van der Waals surface area contributed by atoms with E-state index in [4.69, 9.17) is 0 Å². The lowest BCUT2D eigenvalue weighted by molar-refractivity contribution is 0.660. The topological polar surface area (TPSA) is 3.24 Å². The number of anilines is 3. The molecule has 0 atom stereocenters. The van der Waals surface area contributed by atoms with Crippen molar-refractivity contribution in [1.29, 1.82) is 0 Å². The third kappa shape index (κ3) is 9.34. The number of nitrogens with zero attached hydrogens (tertiary/aromatic N) is 1. The highest BCUT2D eigenvalue weighted by Gasteiger charge is 2.35. The molecule has 6 rings (SSSR count). The van der Waals surface area contributed by atoms with Crippen LogP contribution >= 0.6 is 15.9 Å². The SMILES string of the molecule is C/C=C\C.C=C/C=C\C.C=C/C=C\C(=C/C)c1ccc(N(c2cccc(-c3ccc(Br)cc3)c2)c2ccc3c(c2)C(C)(C)c2ccccc2-3)cc1. The maximum absolute atomic E-state index is 3.82. The van der Waals surface area contributed by atoms with Gasteiger partial charge in [0.25, 0.3) is 0 Å². The van der Waals surface area contributed by atoms with Gasteiger partial charge in [0.2, 0.25) is 0 Å². The predicted octanol–water partition coefficient (Wildman–Crippen LogP) is 15.4. The molecule has 2 heteroatoms. The summed E-state index contributed by atoms with van der Waals surface area (Å²) in [5.74, 6) is 0. The smallest absolute Gasteiger partial charge is 0.0467 e. The largest absolute Gasteiger partial charge is 0.310 e. The van der Waals surface area contributed by atoms with Crippen LogP contribution in [0.1, 0.15) is 58.2 Å². The zero-order valence-electron chi connectivity index (χ0n) is 30.9. The molecule has 5 aromatic carbocycles. The van der Waals surface area contributed by atoms with Crippen LogP contribution in [-0.2, 0) is 5.41 Å². The number of hydrogen-bond acceptors (Lipinski definition) is 1. The summed E-state index contributed by atoms with van der Waals surface area (Å²) >= 11 is 3.57. The van der Waals surface area contributed by atoms with Crippen LogP contribution in [0.4, 0.5) is 17.1 Å². The summed E-state index contributed by atoms with van der Waals surface area (Å²) in [6.45, 7) is 20.0. The minimum atomic E-state index is -0.0744. The first-order valence-electron chi connectivity index (χ1n) is 17.5. The number of halogens is 1. The molecule has 0 N–H and O–H groups in total. The average Bonchev–Trinajstić information content (AvgIpc) is 3.39. The Bertz CT molecular complexity index is 2030. The van der Waals surface area contributed by atoms with E-state index in [-0.39, 0.29) is 5.41 Å². The Kier molecular flexibility index (Phi) is 14.2. The van der Waals surface area contributed by atoms with Gasteiger partial charge in [0.1, 0.15) is 0 Å². The second-order valence-corrected chi connectivity index (χ2v) is 13.5. The van der Waals surface area contributed by atoms with Crippen molar-refractivity contribution in [1.82, 2.24) is 0 Å². The lowest BCUT2D eigenvalue weighted by atomic mass is 9.82. The summed E-state index contributed by atoms with van der Waals surface area (Å²) in [6, 6.07) is 42.0. The standard InChI is InChI=1S/C40H34BrN.C5H8.C4H8/c1-5-7-11-28(6-2)29-18-22-33(23-19-29)42(34-13-10-12-31(26-34)30-16-20-32(41)21-17-30)35-24-25-37-36-14-8-9-15-38(36)40(3,4)39(37)27-35;1-3-5-4-2;1-3-4-2/h5-27H,1H2,2-4H3;3-5H,1H2,2H3;3-4H,1-2H3/b11-7-,28-6+;5-4-;4-3-. The number of fused-ring (bicyclic) bond motifs is 3. The first kappa shape index (κ1) is 38.6. The molecule has 0 spiro atoms. The molecule has 0 aromatic heterocycles. The predicted molar refractivity (Wildman–Crippen MR) is 230 cm³/mol. The first-order chi connectivity index (χ1) is 24.7. The molecule has 0 unspecified atom stereocenters. The summed E-state index contributed by atoms with van der Waals surface area (Å²) in [5, 5.41) is 0. The van der Waals surface area contributed by atoms with Gasteiger partial charge in [-0.15, -0.1) is 0 Å². The Morgan fingerprint density at radius 2 is 1.22 bits per heavy atom. The molecule has 0 saturated heterocycles. The van der Waals surface area contributed by atoms with Gasteiger partial charge in [-0.3, -0.25) is 0 Å². The molecular weight excluding hydrogens is 682 g/mol. The van der Waals surface area contributed by atoms with Crippen LogP contribution in [0.15, 0.2) is 188 Å². The second kappa shape index (κ2) is 18.7. The molecule has 1 aliphatic carbocycles. The third-order valence-electron chi connectivity index (χ3n) is 8.95. The third-order valence-corrected chi connectivity index (χ3v) is 9.48. The Labute approximate surface area is 315 Å². The van der Waals surface area contributed by atoms with E-state index in [9.17, 15) is 0 Å². The van der Waals surface area contributed by atoms with Gasteiger partial charge >= 0.3 is 0 Å². The van der Waals surface area contributed by atoms with Crippen molar-refractivity contribution < 1.29 is 0 Å². The molecule has 258 valence electrons. The van der Waals surface area contributed by atoms with Gasteiger partial charge in [0.05, 0.1) is 0 Å². The molecule has 0 bridgehead atoms. The lowest BCUT2D eigenvalue weighted by Gasteiger charge is -2.28. The molecule has 0 radical (unpaired) electrons. The number of benzene rings is 5. The minimum Gasteiger partial charge on any atom is -0.310 e. The minimum absolute atomic E-state index is 0.0744. The van der Waals surface area contributed by atoms with Crippen molar-refractivity contribution in [3.05, 3.63) is 204 Å². The Hall–Kier alpha value is -5.18. The fraction of sp³-hybridized carbons (Fsp3) is 0.143. The Morgan fingerprint density at radius 1 is 0.588 bits per heavy atom. The molecule has 5 aromatic rings. The molecule has 1 nitrogen and oxygen atoms in total. The highest BCUT2D eigenvalue weighted by atomic mass is 79.9. The first-order valence-corrected chi connectivity index (χ1v) is 18.3. The maximum Gasteiger partial charge on any atom is 0.0467 e. The molecule has 0 fully saturated rings. The van der Waals surface area contributed by atoms with Gasteiger partial charge in [0.15, 0.2) is 0 Å². The molecule has 0 saturated carbocycles. The Morgan fingerprint density at radius 3 is 1.82 bits per heavy atom.